The Bertz CT molecular complexity index is 1150. The molecule has 6 heteroatoms. The fourth-order valence-corrected chi connectivity index (χ4v) is 4.18. The summed E-state index contributed by atoms with van der Waals surface area (Å²) in [4.78, 5) is 7.00. The van der Waals surface area contributed by atoms with Gasteiger partial charge in [-0.25, -0.2) is 4.98 Å². The lowest BCUT2D eigenvalue weighted by Crippen LogP contribution is -2.39. The van der Waals surface area contributed by atoms with E-state index in [4.69, 9.17) is 4.74 Å². The molecule has 1 aliphatic heterocycles. The summed E-state index contributed by atoms with van der Waals surface area (Å²) in [6, 6.07) is 12.6. The minimum absolute atomic E-state index is 0.236. The molecule has 1 saturated heterocycles. The largest absolute Gasteiger partial charge is 0.490 e. The van der Waals surface area contributed by atoms with Crippen molar-refractivity contribution >= 4 is 22.4 Å². The number of benzene rings is 1. The summed E-state index contributed by atoms with van der Waals surface area (Å²) in [6.45, 7) is 5.96. The number of aromatic nitrogens is 4. The fourth-order valence-electron chi connectivity index (χ4n) is 4.18. The molecule has 4 aromatic rings. The van der Waals surface area contributed by atoms with Gasteiger partial charge in [0.15, 0.2) is 5.65 Å². The molecule has 0 bridgehead atoms. The third-order valence-electron chi connectivity index (χ3n) is 5.61. The normalized spacial score (nSPS) is 15.6. The van der Waals surface area contributed by atoms with Crippen LogP contribution in [-0.4, -0.2) is 38.4 Å². The number of nitrogens with zero attached hydrogens (tertiary/aromatic N) is 5. The van der Waals surface area contributed by atoms with Crippen LogP contribution in [0.5, 0.6) is 5.75 Å². The highest BCUT2D eigenvalue weighted by molar-refractivity contribution is 5.86. The van der Waals surface area contributed by atoms with E-state index in [1.54, 1.807) is 0 Å². The SMILES string of the molecule is Cc1cc(N2CCC(Oc3cccc4c3ccn4C)CC2)n2nc(C)cc2n1. The maximum absolute atomic E-state index is 6.41. The molecule has 6 nitrogen and oxygen atoms in total. The standard InChI is InChI=1S/C22H25N5O/c1-15-14-22(27-21(23-15)13-16(2)24-27)26-11-7-17(8-12-26)28-20-6-4-5-19-18(20)9-10-25(19)3/h4-6,9-10,13-14,17H,7-8,11-12H2,1-3H3. The quantitative estimate of drug-likeness (QED) is 0.545. The van der Waals surface area contributed by atoms with E-state index in [0.717, 1.165) is 54.5 Å². The predicted molar refractivity (Wildman–Crippen MR) is 111 cm³/mol. The number of ether oxygens (including phenoxy) is 1. The van der Waals surface area contributed by atoms with E-state index < -0.39 is 0 Å². The molecule has 0 atom stereocenters. The van der Waals surface area contributed by atoms with Crippen molar-refractivity contribution in [2.24, 2.45) is 7.05 Å². The third kappa shape index (κ3) is 2.89. The van der Waals surface area contributed by atoms with Crippen LogP contribution in [0.3, 0.4) is 0 Å². The summed E-state index contributed by atoms with van der Waals surface area (Å²) in [7, 11) is 2.07. The highest BCUT2D eigenvalue weighted by atomic mass is 16.5. The van der Waals surface area contributed by atoms with Crippen LogP contribution in [0.15, 0.2) is 42.6 Å². The van der Waals surface area contributed by atoms with Crippen molar-refractivity contribution in [2.75, 3.05) is 18.0 Å². The average molecular weight is 375 g/mol. The number of hydrogen-bond donors (Lipinski definition) is 0. The van der Waals surface area contributed by atoms with Gasteiger partial charge in [-0.05, 0) is 32.0 Å². The molecule has 0 N–H and O–H groups in total. The van der Waals surface area contributed by atoms with Crippen LogP contribution in [0.25, 0.3) is 16.6 Å². The van der Waals surface area contributed by atoms with Gasteiger partial charge in [-0.2, -0.15) is 9.61 Å². The lowest BCUT2D eigenvalue weighted by atomic mass is 10.1. The van der Waals surface area contributed by atoms with E-state index in [9.17, 15) is 0 Å². The molecule has 144 valence electrons. The van der Waals surface area contributed by atoms with Crippen LogP contribution in [0.4, 0.5) is 5.82 Å². The zero-order valence-electron chi connectivity index (χ0n) is 16.6. The molecule has 1 aromatic carbocycles. The number of hydrogen-bond acceptors (Lipinski definition) is 4. The zero-order chi connectivity index (χ0) is 19.3. The maximum Gasteiger partial charge on any atom is 0.157 e. The maximum atomic E-state index is 6.41. The van der Waals surface area contributed by atoms with E-state index in [0.29, 0.717) is 0 Å². The monoisotopic (exact) mass is 375 g/mol. The summed E-state index contributed by atoms with van der Waals surface area (Å²) in [5.41, 5.74) is 4.14. The van der Waals surface area contributed by atoms with Crippen molar-refractivity contribution in [2.45, 2.75) is 32.8 Å². The molecule has 0 saturated carbocycles. The first kappa shape index (κ1) is 17.1. The second-order valence-corrected chi connectivity index (χ2v) is 7.73. The van der Waals surface area contributed by atoms with Crippen LogP contribution in [0, 0.1) is 13.8 Å². The van der Waals surface area contributed by atoms with E-state index >= 15 is 0 Å². The van der Waals surface area contributed by atoms with E-state index in [1.807, 2.05) is 24.4 Å². The Balaban J connectivity index is 1.34. The molecule has 4 heterocycles. The minimum atomic E-state index is 0.236. The molecule has 1 fully saturated rings. The van der Waals surface area contributed by atoms with Crippen molar-refractivity contribution in [3.8, 4) is 5.75 Å². The molecular formula is C22H25N5O. The van der Waals surface area contributed by atoms with Crippen molar-refractivity contribution < 1.29 is 4.74 Å². The minimum Gasteiger partial charge on any atom is -0.490 e. The highest BCUT2D eigenvalue weighted by Crippen LogP contribution is 2.29. The van der Waals surface area contributed by atoms with Gasteiger partial charge in [-0.3, -0.25) is 0 Å². The Hall–Kier alpha value is -3.02. The van der Waals surface area contributed by atoms with Gasteiger partial charge in [0.25, 0.3) is 0 Å². The second-order valence-electron chi connectivity index (χ2n) is 7.73. The van der Waals surface area contributed by atoms with Crippen molar-refractivity contribution in [1.29, 1.82) is 0 Å². The van der Waals surface area contributed by atoms with Gasteiger partial charge in [0.2, 0.25) is 0 Å². The van der Waals surface area contributed by atoms with Crippen molar-refractivity contribution in [1.82, 2.24) is 19.2 Å². The topological polar surface area (TPSA) is 47.6 Å². The molecule has 0 unspecified atom stereocenters. The smallest absolute Gasteiger partial charge is 0.157 e. The van der Waals surface area contributed by atoms with E-state index in [1.165, 1.54) is 10.9 Å². The molecule has 0 aliphatic carbocycles. The van der Waals surface area contributed by atoms with Gasteiger partial charge in [-0.1, -0.05) is 6.07 Å². The number of aryl methyl sites for hydroxylation is 3. The summed E-state index contributed by atoms with van der Waals surface area (Å²) in [5.74, 6) is 2.11. The van der Waals surface area contributed by atoms with Crippen LogP contribution >= 0.6 is 0 Å². The second kappa shape index (κ2) is 6.55. The van der Waals surface area contributed by atoms with Gasteiger partial charge < -0.3 is 14.2 Å². The average Bonchev–Trinajstić information content (AvgIpc) is 3.24. The van der Waals surface area contributed by atoms with Crippen LogP contribution < -0.4 is 9.64 Å². The predicted octanol–water partition coefficient (Wildman–Crippen LogP) is 3.89. The van der Waals surface area contributed by atoms with Gasteiger partial charge in [0, 0.05) is 62.4 Å². The fraction of sp³-hybridized carbons (Fsp3) is 0.364. The number of rotatable bonds is 3. The Morgan fingerprint density at radius 1 is 1.04 bits per heavy atom. The van der Waals surface area contributed by atoms with E-state index in [-0.39, 0.29) is 6.10 Å². The molecule has 3 aromatic heterocycles. The van der Waals surface area contributed by atoms with Crippen LogP contribution in [0.2, 0.25) is 0 Å². The Kier molecular flexibility index (Phi) is 4.00. The van der Waals surface area contributed by atoms with Crippen molar-refractivity contribution in [3.05, 3.63) is 54.0 Å². The number of piperidine rings is 1. The zero-order valence-corrected chi connectivity index (χ0v) is 16.6. The Labute approximate surface area is 164 Å². The first-order valence-electron chi connectivity index (χ1n) is 9.88. The third-order valence-corrected chi connectivity index (χ3v) is 5.61. The van der Waals surface area contributed by atoms with Crippen molar-refractivity contribution in [3.63, 3.8) is 0 Å². The molecule has 0 radical (unpaired) electrons. The summed E-state index contributed by atoms with van der Waals surface area (Å²) < 4.78 is 10.5. The molecule has 5 rings (SSSR count). The van der Waals surface area contributed by atoms with Gasteiger partial charge in [0.1, 0.15) is 17.7 Å². The molecule has 1 aliphatic rings. The highest BCUT2D eigenvalue weighted by Gasteiger charge is 2.23. The molecule has 28 heavy (non-hydrogen) atoms. The van der Waals surface area contributed by atoms with Crippen LogP contribution in [0.1, 0.15) is 24.2 Å². The van der Waals surface area contributed by atoms with Gasteiger partial charge in [-0.15, -0.1) is 0 Å². The number of fused-ring (bicyclic) bond motifs is 2. The molecular weight excluding hydrogens is 350 g/mol. The summed E-state index contributed by atoms with van der Waals surface area (Å²) in [6.07, 6.45) is 4.31. The molecule has 0 spiro atoms. The first-order valence-corrected chi connectivity index (χ1v) is 9.88. The summed E-state index contributed by atoms with van der Waals surface area (Å²) in [5, 5.41) is 5.82. The van der Waals surface area contributed by atoms with Gasteiger partial charge in [0.05, 0.1) is 11.2 Å². The number of anilines is 1. The lowest BCUT2D eigenvalue weighted by Gasteiger charge is -2.33. The van der Waals surface area contributed by atoms with E-state index in [2.05, 4.69) is 63.1 Å². The van der Waals surface area contributed by atoms with Gasteiger partial charge >= 0.3 is 0 Å². The molecule has 0 amide bonds. The first-order chi connectivity index (χ1) is 13.6. The Morgan fingerprint density at radius 3 is 2.68 bits per heavy atom. The van der Waals surface area contributed by atoms with Crippen LogP contribution in [-0.2, 0) is 7.05 Å². The lowest BCUT2D eigenvalue weighted by molar-refractivity contribution is 0.173. The Morgan fingerprint density at radius 2 is 1.86 bits per heavy atom. The summed E-state index contributed by atoms with van der Waals surface area (Å²) >= 11 is 0.